The Balaban J connectivity index is 1.54. The van der Waals surface area contributed by atoms with E-state index in [0.717, 1.165) is 0 Å². The molecule has 0 aromatic rings. The van der Waals surface area contributed by atoms with Crippen molar-refractivity contribution < 1.29 is 38.1 Å². The maximum Gasteiger partial charge on any atom is 0.319 e. The number of aliphatic hydroxyl groups excluding tert-OH is 1. The predicted octanol–water partition coefficient (Wildman–Crippen LogP) is 3.91. The van der Waals surface area contributed by atoms with Crippen LogP contribution in [0.1, 0.15) is 66.2 Å². The number of thioether (sulfide) groups is 1. The molecule has 1 aliphatic heterocycles. The van der Waals surface area contributed by atoms with Gasteiger partial charge >= 0.3 is 11.9 Å². The average molecular weight is 549 g/mol. The van der Waals surface area contributed by atoms with Crippen molar-refractivity contribution in [3.05, 3.63) is 23.8 Å². The summed E-state index contributed by atoms with van der Waals surface area (Å²) >= 11 is 1.20. The van der Waals surface area contributed by atoms with Gasteiger partial charge in [-0.15, -0.1) is 11.8 Å². The van der Waals surface area contributed by atoms with Crippen molar-refractivity contribution >= 4 is 35.3 Å². The molecule has 3 saturated carbocycles. The Bertz CT molecular complexity index is 1130. The number of rotatable bonds is 6. The van der Waals surface area contributed by atoms with Gasteiger partial charge in [-0.3, -0.25) is 19.2 Å². The molecule has 1 saturated heterocycles. The van der Waals surface area contributed by atoms with Gasteiger partial charge in [0.05, 0.1) is 18.5 Å². The number of ketones is 2. The van der Waals surface area contributed by atoms with Crippen molar-refractivity contribution in [2.24, 2.45) is 28.6 Å². The Morgan fingerprint density at radius 2 is 1.97 bits per heavy atom. The molecular weight excluding hydrogens is 511 g/mol. The van der Waals surface area contributed by atoms with E-state index in [-0.39, 0.29) is 42.0 Å². The first-order chi connectivity index (χ1) is 17.8. The number of hydrogen-bond donors (Lipinski definition) is 1. The summed E-state index contributed by atoms with van der Waals surface area (Å²) < 4.78 is 28.6. The van der Waals surface area contributed by atoms with Crippen LogP contribution in [0.3, 0.4) is 0 Å². The molecular formula is C29H37FO7S. The molecule has 5 aliphatic rings. The highest BCUT2D eigenvalue weighted by Crippen LogP contribution is 2.71. The predicted molar refractivity (Wildman–Crippen MR) is 139 cm³/mol. The van der Waals surface area contributed by atoms with Crippen LogP contribution < -0.4 is 0 Å². The molecule has 0 aromatic heterocycles. The first-order valence-electron chi connectivity index (χ1n) is 13.7. The van der Waals surface area contributed by atoms with Crippen molar-refractivity contribution in [2.75, 3.05) is 12.4 Å². The number of ether oxygens (including phenoxy) is 2. The van der Waals surface area contributed by atoms with Gasteiger partial charge in [-0.2, -0.15) is 0 Å². The van der Waals surface area contributed by atoms with E-state index in [1.165, 1.54) is 23.9 Å². The minimum atomic E-state index is -2.03. The highest BCUT2D eigenvalue weighted by molar-refractivity contribution is 8.01. The van der Waals surface area contributed by atoms with Crippen LogP contribution in [-0.2, 0) is 28.7 Å². The second-order valence-electron chi connectivity index (χ2n) is 12.1. The Labute approximate surface area is 227 Å². The largest absolute Gasteiger partial charge is 0.465 e. The van der Waals surface area contributed by atoms with E-state index in [9.17, 15) is 24.3 Å². The Morgan fingerprint density at radius 1 is 1.24 bits per heavy atom. The van der Waals surface area contributed by atoms with Crippen LogP contribution in [-0.4, -0.2) is 63.6 Å². The number of hydrogen-bond acceptors (Lipinski definition) is 8. The summed E-state index contributed by atoms with van der Waals surface area (Å²) in [6.45, 7) is 7.48. The summed E-state index contributed by atoms with van der Waals surface area (Å²) in [6.07, 6.45) is 5.00. The van der Waals surface area contributed by atoms with Gasteiger partial charge < -0.3 is 14.6 Å². The highest BCUT2D eigenvalue weighted by Gasteiger charge is 2.77. The zero-order chi connectivity index (χ0) is 27.7. The summed E-state index contributed by atoms with van der Waals surface area (Å²) in [6, 6.07) is 0. The number of carbonyl (C=O) groups excluding carboxylic acids is 4. The molecule has 7 nitrogen and oxygen atoms in total. The quantitative estimate of drug-likeness (QED) is 0.498. The number of cyclic esters (lactones) is 1. The lowest BCUT2D eigenvalue weighted by atomic mass is 9.44. The van der Waals surface area contributed by atoms with Crippen LogP contribution in [0.15, 0.2) is 23.8 Å². The number of esters is 2. The third-order valence-corrected chi connectivity index (χ3v) is 11.7. The average Bonchev–Trinajstić information content (AvgIpc) is 3.37. The molecule has 38 heavy (non-hydrogen) atoms. The molecule has 0 bridgehead atoms. The van der Waals surface area contributed by atoms with E-state index in [0.29, 0.717) is 37.9 Å². The molecule has 9 atom stereocenters. The molecule has 1 heterocycles. The van der Waals surface area contributed by atoms with Crippen LogP contribution in [0.2, 0.25) is 0 Å². The number of carbonyl (C=O) groups is 4. The van der Waals surface area contributed by atoms with Gasteiger partial charge in [-0.05, 0) is 50.7 Å². The number of fused-ring (bicyclic) bond motifs is 5. The number of Topliss-reactive ketones (excluding diaryl/α,β-unsaturated/α-hetero) is 1. The van der Waals surface area contributed by atoms with E-state index in [2.05, 4.69) is 0 Å². The van der Waals surface area contributed by atoms with E-state index in [1.807, 2.05) is 13.8 Å². The lowest BCUT2D eigenvalue weighted by Gasteiger charge is -2.62. The molecule has 4 fully saturated rings. The monoisotopic (exact) mass is 548 g/mol. The third kappa shape index (κ3) is 3.56. The first kappa shape index (κ1) is 27.6. The van der Waals surface area contributed by atoms with Gasteiger partial charge in [0.1, 0.15) is 5.25 Å². The van der Waals surface area contributed by atoms with Crippen LogP contribution >= 0.6 is 11.8 Å². The minimum Gasteiger partial charge on any atom is -0.465 e. The standard InChI is InChI=1S/C29H37FO7S/c1-5-24(34)37-29(23(33)15-38-21-9-11-36-25(21)35)16(2)12-20-19-7-6-17-13-18(31)8-10-26(17,3)28(19,30)22(32)14-27(20,29)4/h8,10,13,16,19-22,32H,5-7,9,11-12,14-15H2,1-4H3/t16?,19-,20-,21?,22?,26-,27-,28-,29-/m0/s1. The molecule has 0 aromatic carbocycles. The summed E-state index contributed by atoms with van der Waals surface area (Å²) in [7, 11) is 0. The SMILES string of the molecule is CCC(=O)O[C@]1(C(=O)CSC2CCOC2=O)C(C)C[C@H]2[C@@H]3CCC4=CC(=O)C=C[C@]4(C)[C@@]3(F)C(O)C[C@@]21C. The maximum atomic E-state index is 17.5. The maximum absolute atomic E-state index is 17.5. The molecule has 1 N–H and O–H groups in total. The molecule has 4 aliphatic carbocycles. The van der Waals surface area contributed by atoms with Crippen molar-refractivity contribution in [3.63, 3.8) is 0 Å². The Hall–Kier alpha value is -2.00. The fourth-order valence-corrected chi connectivity index (χ4v) is 9.60. The fourth-order valence-electron chi connectivity index (χ4n) is 8.56. The number of allylic oxidation sites excluding steroid dienone is 4. The topological polar surface area (TPSA) is 107 Å². The van der Waals surface area contributed by atoms with Crippen molar-refractivity contribution in [3.8, 4) is 0 Å². The summed E-state index contributed by atoms with van der Waals surface area (Å²) in [5.74, 6) is -2.70. The summed E-state index contributed by atoms with van der Waals surface area (Å²) in [5.41, 5.74) is -5.03. The molecule has 5 rings (SSSR count). The van der Waals surface area contributed by atoms with Gasteiger partial charge in [0, 0.05) is 35.5 Å². The van der Waals surface area contributed by atoms with Gasteiger partial charge in [0.15, 0.2) is 22.8 Å². The smallest absolute Gasteiger partial charge is 0.319 e. The van der Waals surface area contributed by atoms with Crippen molar-refractivity contribution in [1.29, 1.82) is 0 Å². The fraction of sp³-hybridized carbons (Fsp3) is 0.724. The normalized spacial score (nSPS) is 45.5. The van der Waals surface area contributed by atoms with Crippen molar-refractivity contribution in [1.82, 2.24) is 0 Å². The second-order valence-corrected chi connectivity index (χ2v) is 13.3. The number of alkyl halides is 1. The van der Waals surface area contributed by atoms with E-state index >= 15 is 4.39 Å². The van der Waals surface area contributed by atoms with Crippen LogP contribution in [0, 0.1) is 28.6 Å². The number of aliphatic hydroxyl groups is 1. The van der Waals surface area contributed by atoms with Crippen LogP contribution in [0.5, 0.6) is 0 Å². The molecule has 208 valence electrons. The van der Waals surface area contributed by atoms with Crippen molar-refractivity contribution in [2.45, 2.75) is 88.8 Å². The first-order valence-corrected chi connectivity index (χ1v) is 14.7. The highest BCUT2D eigenvalue weighted by atomic mass is 32.2. The third-order valence-electron chi connectivity index (χ3n) is 10.5. The summed E-state index contributed by atoms with van der Waals surface area (Å²) in [4.78, 5) is 51.1. The summed E-state index contributed by atoms with van der Waals surface area (Å²) in [5, 5.41) is 11.2. The lowest BCUT2D eigenvalue weighted by molar-refractivity contribution is -0.226. The van der Waals surface area contributed by atoms with Gasteiger partial charge in [0.25, 0.3) is 0 Å². The molecule has 0 amide bonds. The Kier molecular flexibility index (Phi) is 6.74. The van der Waals surface area contributed by atoms with Gasteiger partial charge in [0.2, 0.25) is 0 Å². The number of halogens is 1. The zero-order valence-electron chi connectivity index (χ0n) is 22.5. The van der Waals surface area contributed by atoms with Crippen LogP contribution in [0.4, 0.5) is 4.39 Å². The van der Waals surface area contributed by atoms with E-state index in [1.54, 1.807) is 19.9 Å². The van der Waals surface area contributed by atoms with E-state index < -0.39 is 51.3 Å². The molecule has 9 heteroatoms. The van der Waals surface area contributed by atoms with Crippen LogP contribution in [0.25, 0.3) is 0 Å². The molecule has 0 spiro atoms. The molecule has 0 radical (unpaired) electrons. The van der Waals surface area contributed by atoms with E-state index in [4.69, 9.17) is 9.47 Å². The second kappa shape index (κ2) is 9.29. The van der Waals surface area contributed by atoms with Gasteiger partial charge in [-0.1, -0.05) is 32.4 Å². The minimum absolute atomic E-state index is 0.0413. The Morgan fingerprint density at radius 3 is 2.63 bits per heavy atom. The zero-order valence-corrected chi connectivity index (χ0v) is 23.3. The van der Waals surface area contributed by atoms with Gasteiger partial charge in [-0.25, -0.2) is 4.39 Å². The lowest BCUT2D eigenvalue weighted by Crippen LogP contribution is -2.70. The molecule has 3 unspecified atom stereocenters.